The Morgan fingerprint density at radius 1 is 1.29 bits per heavy atom. The number of nitrogens with one attached hydrogen (secondary N) is 1. The molecule has 2 aliphatic carbocycles. The van der Waals surface area contributed by atoms with Crippen molar-refractivity contribution in [2.45, 2.75) is 43.6 Å². The first-order valence-corrected chi connectivity index (χ1v) is 7.42. The number of halogens is 2. The van der Waals surface area contributed by atoms with Gasteiger partial charge >= 0.3 is 0 Å². The SMILES string of the molecule is O=C(NC1(CO)CCCC1)C1CC1c1ccc(F)c(F)c1. The van der Waals surface area contributed by atoms with Gasteiger partial charge in [0.25, 0.3) is 0 Å². The molecule has 2 N–H and O–H groups in total. The minimum Gasteiger partial charge on any atom is -0.394 e. The summed E-state index contributed by atoms with van der Waals surface area (Å²) in [6.07, 6.45) is 4.28. The van der Waals surface area contributed by atoms with Gasteiger partial charge in [0.2, 0.25) is 5.91 Å². The lowest BCUT2D eigenvalue weighted by molar-refractivity contribution is -0.124. The first kappa shape index (κ1) is 14.4. The fourth-order valence-electron chi connectivity index (χ4n) is 3.32. The highest BCUT2D eigenvalue weighted by Crippen LogP contribution is 2.48. The van der Waals surface area contributed by atoms with Gasteiger partial charge in [-0.15, -0.1) is 0 Å². The topological polar surface area (TPSA) is 49.3 Å². The molecular weight excluding hydrogens is 276 g/mol. The van der Waals surface area contributed by atoms with E-state index in [4.69, 9.17) is 0 Å². The molecule has 1 aromatic rings. The molecular formula is C16H19F2NO2. The molecule has 0 saturated heterocycles. The quantitative estimate of drug-likeness (QED) is 0.896. The summed E-state index contributed by atoms with van der Waals surface area (Å²) < 4.78 is 26.2. The molecule has 2 unspecified atom stereocenters. The lowest BCUT2D eigenvalue weighted by Crippen LogP contribution is -2.49. The maximum Gasteiger partial charge on any atom is 0.224 e. The third kappa shape index (κ3) is 2.79. The van der Waals surface area contributed by atoms with Crippen LogP contribution in [0.2, 0.25) is 0 Å². The van der Waals surface area contributed by atoms with E-state index in [1.54, 1.807) is 0 Å². The Bertz CT molecular complexity index is 555. The van der Waals surface area contributed by atoms with Gasteiger partial charge in [-0.2, -0.15) is 0 Å². The highest BCUT2D eigenvalue weighted by atomic mass is 19.2. The van der Waals surface area contributed by atoms with Crippen molar-refractivity contribution < 1.29 is 18.7 Å². The third-order valence-electron chi connectivity index (χ3n) is 4.75. The van der Waals surface area contributed by atoms with Crippen LogP contribution in [0.25, 0.3) is 0 Å². The number of amides is 1. The first-order chi connectivity index (χ1) is 10.0. The Morgan fingerprint density at radius 2 is 2.00 bits per heavy atom. The van der Waals surface area contributed by atoms with Crippen LogP contribution >= 0.6 is 0 Å². The number of rotatable bonds is 4. The van der Waals surface area contributed by atoms with Crippen LogP contribution in [0.3, 0.4) is 0 Å². The summed E-state index contributed by atoms with van der Waals surface area (Å²) in [5, 5.41) is 12.5. The minimum absolute atomic E-state index is 0.0404. The van der Waals surface area contributed by atoms with Gasteiger partial charge in [0.15, 0.2) is 11.6 Å². The molecule has 114 valence electrons. The highest BCUT2D eigenvalue weighted by Gasteiger charge is 2.46. The Hall–Kier alpha value is -1.49. The van der Waals surface area contributed by atoms with E-state index in [1.807, 2.05) is 0 Å². The second kappa shape index (κ2) is 5.37. The molecule has 0 heterocycles. The summed E-state index contributed by atoms with van der Waals surface area (Å²) in [7, 11) is 0. The number of benzene rings is 1. The number of carbonyl (C=O) groups excluding carboxylic acids is 1. The predicted octanol–water partition coefficient (Wildman–Crippen LogP) is 2.49. The Labute approximate surface area is 122 Å². The Balaban J connectivity index is 1.64. The molecule has 21 heavy (non-hydrogen) atoms. The van der Waals surface area contributed by atoms with E-state index in [9.17, 15) is 18.7 Å². The van der Waals surface area contributed by atoms with Gasteiger partial charge in [-0.25, -0.2) is 8.78 Å². The van der Waals surface area contributed by atoms with E-state index in [0.29, 0.717) is 12.0 Å². The van der Waals surface area contributed by atoms with Crippen LogP contribution in [0, 0.1) is 17.6 Å². The summed E-state index contributed by atoms with van der Waals surface area (Å²) in [5.41, 5.74) is 0.191. The number of hydrogen-bond donors (Lipinski definition) is 2. The molecule has 3 nitrogen and oxygen atoms in total. The van der Waals surface area contributed by atoms with Gasteiger partial charge in [0.05, 0.1) is 12.1 Å². The normalized spacial score (nSPS) is 26.6. The van der Waals surface area contributed by atoms with Crippen LogP contribution in [0.4, 0.5) is 8.78 Å². The monoisotopic (exact) mass is 295 g/mol. The van der Waals surface area contributed by atoms with E-state index >= 15 is 0 Å². The summed E-state index contributed by atoms with van der Waals surface area (Å²) in [5.74, 6) is -2.07. The van der Waals surface area contributed by atoms with E-state index in [2.05, 4.69) is 5.32 Å². The van der Waals surface area contributed by atoms with Gasteiger partial charge in [0.1, 0.15) is 0 Å². The smallest absolute Gasteiger partial charge is 0.224 e. The minimum atomic E-state index is -0.874. The van der Waals surface area contributed by atoms with E-state index in [1.165, 1.54) is 12.1 Å². The molecule has 0 aliphatic heterocycles. The molecule has 2 aliphatic rings. The van der Waals surface area contributed by atoms with Crippen molar-refractivity contribution in [2.75, 3.05) is 6.61 Å². The van der Waals surface area contributed by atoms with Crippen molar-refractivity contribution in [1.29, 1.82) is 0 Å². The summed E-state index contributed by atoms with van der Waals surface area (Å²) in [6.45, 7) is -0.0404. The van der Waals surface area contributed by atoms with Crippen molar-refractivity contribution >= 4 is 5.91 Å². The van der Waals surface area contributed by atoms with Gasteiger partial charge < -0.3 is 10.4 Å². The van der Waals surface area contributed by atoms with Crippen molar-refractivity contribution in [2.24, 2.45) is 5.92 Å². The Morgan fingerprint density at radius 3 is 2.62 bits per heavy atom. The molecule has 2 fully saturated rings. The lowest BCUT2D eigenvalue weighted by Gasteiger charge is -2.28. The number of aliphatic hydroxyl groups is 1. The fourth-order valence-corrected chi connectivity index (χ4v) is 3.32. The lowest BCUT2D eigenvalue weighted by atomic mass is 9.98. The molecule has 0 bridgehead atoms. The highest BCUT2D eigenvalue weighted by molar-refractivity contribution is 5.83. The largest absolute Gasteiger partial charge is 0.394 e. The summed E-state index contributed by atoms with van der Waals surface area (Å²) in [6, 6.07) is 3.81. The van der Waals surface area contributed by atoms with Crippen molar-refractivity contribution in [3.63, 3.8) is 0 Å². The zero-order valence-electron chi connectivity index (χ0n) is 11.7. The average Bonchev–Trinajstić information content (AvgIpc) is 3.15. The van der Waals surface area contributed by atoms with Crippen LogP contribution in [0.5, 0.6) is 0 Å². The maximum atomic E-state index is 13.2. The number of carbonyl (C=O) groups is 1. The maximum absolute atomic E-state index is 13.2. The zero-order valence-corrected chi connectivity index (χ0v) is 11.7. The average molecular weight is 295 g/mol. The zero-order chi connectivity index (χ0) is 15.0. The van der Waals surface area contributed by atoms with Crippen LogP contribution in [0.15, 0.2) is 18.2 Å². The molecule has 5 heteroatoms. The molecule has 0 spiro atoms. The van der Waals surface area contributed by atoms with Crippen LogP contribution in [0.1, 0.15) is 43.6 Å². The van der Waals surface area contributed by atoms with Crippen molar-refractivity contribution in [3.05, 3.63) is 35.4 Å². The standard InChI is InChI=1S/C16H19F2NO2/c17-13-4-3-10(7-14(13)18)11-8-12(11)15(21)19-16(9-20)5-1-2-6-16/h3-4,7,11-12,20H,1-2,5-6,8-9H2,(H,19,21). The number of hydrogen-bond acceptors (Lipinski definition) is 2. The van der Waals surface area contributed by atoms with Gasteiger partial charge in [-0.05, 0) is 42.9 Å². The van der Waals surface area contributed by atoms with E-state index in [-0.39, 0.29) is 24.3 Å². The van der Waals surface area contributed by atoms with Gasteiger partial charge in [-0.1, -0.05) is 18.9 Å². The second-order valence-electron chi connectivity index (χ2n) is 6.26. The van der Waals surface area contributed by atoms with Gasteiger partial charge in [-0.3, -0.25) is 4.79 Å². The molecule has 1 aromatic carbocycles. The van der Waals surface area contributed by atoms with Crippen LogP contribution in [-0.4, -0.2) is 23.2 Å². The van der Waals surface area contributed by atoms with E-state index in [0.717, 1.165) is 31.7 Å². The molecule has 3 rings (SSSR count). The molecule has 2 atom stereocenters. The molecule has 1 amide bonds. The second-order valence-corrected chi connectivity index (χ2v) is 6.26. The summed E-state index contributed by atoms with van der Waals surface area (Å²) >= 11 is 0. The number of aliphatic hydroxyl groups excluding tert-OH is 1. The Kier molecular flexibility index (Phi) is 3.69. The first-order valence-electron chi connectivity index (χ1n) is 7.42. The van der Waals surface area contributed by atoms with E-state index < -0.39 is 17.2 Å². The summed E-state index contributed by atoms with van der Waals surface area (Å²) in [4.78, 5) is 12.3. The molecule has 2 saturated carbocycles. The molecule has 0 radical (unpaired) electrons. The molecule has 0 aromatic heterocycles. The van der Waals surface area contributed by atoms with Crippen LogP contribution < -0.4 is 5.32 Å². The third-order valence-corrected chi connectivity index (χ3v) is 4.75. The van der Waals surface area contributed by atoms with Crippen molar-refractivity contribution in [1.82, 2.24) is 5.32 Å². The van der Waals surface area contributed by atoms with Crippen molar-refractivity contribution in [3.8, 4) is 0 Å². The predicted molar refractivity (Wildman–Crippen MR) is 73.6 cm³/mol. The van der Waals surface area contributed by atoms with Gasteiger partial charge in [0, 0.05) is 5.92 Å². The van der Waals surface area contributed by atoms with Crippen LogP contribution in [-0.2, 0) is 4.79 Å². The fraction of sp³-hybridized carbons (Fsp3) is 0.562.